The maximum atomic E-state index is 13.5. The Bertz CT molecular complexity index is 1530. The van der Waals surface area contributed by atoms with Crippen molar-refractivity contribution in [1.29, 1.82) is 0 Å². The molecule has 1 aromatic heterocycles. The highest BCUT2D eigenvalue weighted by Crippen LogP contribution is 2.46. The van der Waals surface area contributed by atoms with E-state index >= 15 is 0 Å². The Morgan fingerprint density at radius 3 is 2.43 bits per heavy atom. The first kappa shape index (κ1) is 24.3. The number of aromatic nitrogens is 1. The molecule has 0 bridgehead atoms. The molecule has 37 heavy (non-hydrogen) atoms. The monoisotopic (exact) mass is 516 g/mol. The minimum Gasteiger partial charge on any atom is -0.507 e. The molecule has 2 heterocycles. The molecule has 1 saturated heterocycles. The van der Waals surface area contributed by atoms with E-state index < -0.39 is 17.7 Å². The standard InChI is InChI=1S/C28H24N2O6S/c1-4-36-18-13-14-20-22(15-18)37-28(29-20)30-24(19-7-5-6-8-21(19)35-3)23(26(32)27(30)33)25(31)16-9-11-17(34-2)12-10-16/h5-15,24,31H,4H2,1-3H3/b25-23+/t24-/m1/s1. The number of carbonyl (C=O) groups excluding carboxylic acids is 2. The summed E-state index contributed by atoms with van der Waals surface area (Å²) in [5.41, 5.74) is 1.55. The van der Waals surface area contributed by atoms with Crippen LogP contribution in [0.2, 0.25) is 0 Å². The Balaban J connectivity index is 1.71. The van der Waals surface area contributed by atoms with Crippen molar-refractivity contribution in [2.75, 3.05) is 25.7 Å². The van der Waals surface area contributed by atoms with Crippen molar-refractivity contribution in [2.24, 2.45) is 0 Å². The number of aliphatic hydroxyl groups excluding tert-OH is 1. The van der Waals surface area contributed by atoms with Gasteiger partial charge >= 0.3 is 5.91 Å². The summed E-state index contributed by atoms with van der Waals surface area (Å²) in [4.78, 5) is 32.9. The number of benzene rings is 3. The van der Waals surface area contributed by atoms with Gasteiger partial charge < -0.3 is 19.3 Å². The third kappa shape index (κ3) is 4.27. The van der Waals surface area contributed by atoms with E-state index in [2.05, 4.69) is 4.98 Å². The Labute approximate surface area is 217 Å². The van der Waals surface area contributed by atoms with Gasteiger partial charge in [-0.3, -0.25) is 14.5 Å². The van der Waals surface area contributed by atoms with E-state index in [1.165, 1.54) is 30.5 Å². The Hall–Kier alpha value is -4.37. The van der Waals surface area contributed by atoms with Crippen LogP contribution in [0.3, 0.4) is 0 Å². The average Bonchev–Trinajstić information content (AvgIpc) is 3.46. The van der Waals surface area contributed by atoms with E-state index in [-0.39, 0.29) is 11.3 Å². The van der Waals surface area contributed by atoms with Crippen molar-refractivity contribution in [3.05, 3.63) is 83.4 Å². The fourth-order valence-electron chi connectivity index (χ4n) is 4.37. The molecule has 0 unspecified atom stereocenters. The third-order valence-corrected chi connectivity index (χ3v) is 7.12. The van der Waals surface area contributed by atoms with Crippen LogP contribution in [0.5, 0.6) is 17.2 Å². The van der Waals surface area contributed by atoms with Crippen LogP contribution in [-0.2, 0) is 9.59 Å². The highest BCUT2D eigenvalue weighted by atomic mass is 32.1. The second kappa shape index (κ2) is 9.94. The van der Waals surface area contributed by atoms with Crippen molar-refractivity contribution in [2.45, 2.75) is 13.0 Å². The molecule has 1 aliphatic heterocycles. The SMILES string of the molecule is CCOc1ccc2nc(N3C(=O)C(=O)/C(=C(/O)c4ccc(OC)cc4)[C@H]3c3ccccc3OC)sc2c1. The molecule has 8 nitrogen and oxygen atoms in total. The lowest BCUT2D eigenvalue weighted by Crippen LogP contribution is -2.29. The summed E-state index contributed by atoms with van der Waals surface area (Å²) in [7, 11) is 3.05. The van der Waals surface area contributed by atoms with Gasteiger partial charge in [-0.15, -0.1) is 0 Å². The number of methoxy groups -OCH3 is 2. The van der Waals surface area contributed by atoms with E-state index in [1.807, 2.05) is 25.1 Å². The lowest BCUT2D eigenvalue weighted by molar-refractivity contribution is -0.132. The van der Waals surface area contributed by atoms with Gasteiger partial charge in [0.05, 0.1) is 36.6 Å². The zero-order chi connectivity index (χ0) is 26.1. The third-order valence-electron chi connectivity index (χ3n) is 6.11. The number of para-hydroxylation sites is 1. The van der Waals surface area contributed by atoms with Crippen LogP contribution in [0.1, 0.15) is 24.1 Å². The fourth-order valence-corrected chi connectivity index (χ4v) is 5.39. The number of anilines is 1. The van der Waals surface area contributed by atoms with Gasteiger partial charge in [0, 0.05) is 11.1 Å². The van der Waals surface area contributed by atoms with Crippen LogP contribution in [0.4, 0.5) is 5.13 Å². The van der Waals surface area contributed by atoms with Crippen molar-refractivity contribution in [3.63, 3.8) is 0 Å². The molecule has 1 fully saturated rings. The van der Waals surface area contributed by atoms with Gasteiger partial charge in [0.15, 0.2) is 5.13 Å². The molecule has 1 N–H and O–H groups in total. The number of amides is 1. The summed E-state index contributed by atoms with van der Waals surface area (Å²) >= 11 is 1.27. The van der Waals surface area contributed by atoms with E-state index in [9.17, 15) is 14.7 Å². The summed E-state index contributed by atoms with van der Waals surface area (Å²) in [6, 6.07) is 18.2. The van der Waals surface area contributed by atoms with E-state index in [4.69, 9.17) is 14.2 Å². The fraction of sp³-hybridized carbons (Fsp3) is 0.179. The number of hydrogen-bond acceptors (Lipinski definition) is 8. The molecule has 188 valence electrons. The van der Waals surface area contributed by atoms with Crippen LogP contribution in [-0.4, -0.2) is 42.6 Å². The molecule has 3 aromatic carbocycles. The van der Waals surface area contributed by atoms with Crippen molar-refractivity contribution in [1.82, 2.24) is 4.98 Å². The normalized spacial score (nSPS) is 16.8. The first-order valence-corrected chi connectivity index (χ1v) is 12.4. The number of ether oxygens (including phenoxy) is 3. The topological polar surface area (TPSA) is 98.2 Å². The number of thiazole rings is 1. The van der Waals surface area contributed by atoms with Gasteiger partial charge in [-0.05, 0) is 55.5 Å². The number of fused-ring (bicyclic) bond motifs is 1. The van der Waals surface area contributed by atoms with Gasteiger partial charge in [-0.25, -0.2) is 4.98 Å². The molecule has 0 saturated carbocycles. The summed E-state index contributed by atoms with van der Waals surface area (Å²) in [5.74, 6) is -0.125. The lowest BCUT2D eigenvalue weighted by atomic mass is 9.94. The number of carbonyl (C=O) groups is 2. The number of ketones is 1. The van der Waals surface area contributed by atoms with Gasteiger partial charge in [-0.2, -0.15) is 0 Å². The Morgan fingerprint density at radius 2 is 1.73 bits per heavy atom. The molecular weight excluding hydrogens is 492 g/mol. The molecular formula is C28H24N2O6S. The number of Topliss-reactive ketones (excluding diaryl/α,β-unsaturated/α-hetero) is 1. The van der Waals surface area contributed by atoms with E-state index in [0.29, 0.717) is 45.6 Å². The van der Waals surface area contributed by atoms with Crippen molar-refractivity contribution < 1.29 is 28.9 Å². The van der Waals surface area contributed by atoms with Crippen LogP contribution in [0.15, 0.2) is 72.3 Å². The van der Waals surface area contributed by atoms with E-state index in [1.54, 1.807) is 48.5 Å². The minimum atomic E-state index is -0.954. The predicted molar refractivity (Wildman–Crippen MR) is 142 cm³/mol. The molecule has 5 rings (SSSR count). The minimum absolute atomic E-state index is 0.0473. The molecule has 0 spiro atoms. The Morgan fingerprint density at radius 1 is 1.00 bits per heavy atom. The highest BCUT2D eigenvalue weighted by molar-refractivity contribution is 7.22. The number of nitrogens with zero attached hydrogens (tertiary/aromatic N) is 2. The van der Waals surface area contributed by atoms with Gasteiger partial charge in [0.25, 0.3) is 5.78 Å². The van der Waals surface area contributed by atoms with Crippen LogP contribution < -0.4 is 19.1 Å². The van der Waals surface area contributed by atoms with E-state index in [0.717, 1.165) is 4.70 Å². The summed E-state index contributed by atoms with van der Waals surface area (Å²) in [6.45, 7) is 2.42. The first-order valence-electron chi connectivity index (χ1n) is 11.6. The zero-order valence-corrected chi connectivity index (χ0v) is 21.2. The van der Waals surface area contributed by atoms with Crippen molar-refractivity contribution >= 4 is 44.1 Å². The maximum absolute atomic E-state index is 13.5. The van der Waals surface area contributed by atoms with Crippen LogP contribution in [0, 0.1) is 0 Å². The number of aliphatic hydroxyl groups is 1. The summed E-state index contributed by atoms with van der Waals surface area (Å²) in [5, 5.41) is 11.7. The van der Waals surface area contributed by atoms with Crippen molar-refractivity contribution in [3.8, 4) is 17.2 Å². The summed E-state index contributed by atoms with van der Waals surface area (Å²) in [6.07, 6.45) is 0. The molecule has 0 radical (unpaired) electrons. The first-order chi connectivity index (χ1) is 18.0. The van der Waals surface area contributed by atoms with Crippen LogP contribution in [0.25, 0.3) is 16.0 Å². The number of rotatable bonds is 7. The predicted octanol–water partition coefficient (Wildman–Crippen LogP) is 5.34. The Kier molecular flexibility index (Phi) is 6.54. The second-order valence-corrected chi connectivity index (χ2v) is 9.21. The molecule has 1 aliphatic rings. The molecule has 4 aromatic rings. The average molecular weight is 517 g/mol. The molecule has 0 aliphatic carbocycles. The van der Waals surface area contributed by atoms with Crippen LogP contribution >= 0.6 is 11.3 Å². The highest BCUT2D eigenvalue weighted by Gasteiger charge is 2.49. The quantitative estimate of drug-likeness (QED) is 0.201. The molecule has 1 amide bonds. The number of hydrogen-bond donors (Lipinski definition) is 1. The van der Waals surface area contributed by atoms with Gasteiger partial charge in [-0.1, -0.05) is 29.5 Å². The van der Waals surface area contributed by atoms with Gasteiger partial charge in [0.2, 0.25) is 0 Å². The summed E-state index contributed by atoms with van der Waals surface area (Å²) < 4.78 is 17.2. The second-order valence-electron chi connectivity index (χ2n) is 8.20. The largest absolute Gasteiger partial charge is 0.507 e. The maximum Gasteiger partial charge on any atom is 0.301 e. The lowest BCUT2D eigenvalue weighted by Gasteiger charge is -2.24. The molecule has 9 heteroatoms. The smallest absolute Gasteiger partial charge is 0.301 e. The van der Waals surface area contributed by atoms with Gasteiger partial charge in [0.1, 0.15) is 29.0 Å². The molecule has 1 atom stereocenters. The zero-order valence-electron chi connectivity index (χ0n) is 20.4.